The van der Waals surface area contributed by atoms with Gasteiger partial charge in [-0.15, -0.1) is 0 Å². The van der Waals surface area contributed by atoms with Crippen molar-refractivity contribution in [3.63, 3.8) is 0 Å². The standard InChI is InChI=1S/C14H2F26/c15-3(16,5(19,20)7(23,24)9(27,28)11(31,32)13(35,36)37)1-2-4(17,18)6(21,22)8(25,26)10(29,30)12(33,34)14(38,39)40/h1-2H/b2-1+. The van der Waals surface area contributed by atoms with Crippen molar-refractivity contribution in [3.05, 3.63) is 12.2 Å². The molecule has 0 saturated carbocycles. The minimum atomic E-state index is -8.74. The van der Waals surface area contributed by atoms with E-state index in [-0.39, 0.29) is 0 Å². The van der Waals surface area contributed by atoms with E-state index in [1.807, 2.05) is 0 Å². The average Bonchev–Trinajstić information content (AvgIpc) is 2.69. The number of hydrogen-bond acceptors (Lipinski definition) is 0. The van der Waals surface area contributed by atoms with Crippen molar-refractivity contribution in [3.8, 4) is 0 Å². The van der Waals surface area contributed by atoms with Crippen LogP contribution < -0.4 is 0 Å². The Balaban J connectivity index is 6.87. The summed E-state index contributed by atoms with van der Waals surface area (Å²) in [4.78, 5) is 0. The van der Waals surface area contributed by atoms with Crippen LogP contribution in [0, 0.1) is 0 Å². The van der Waals surface area contributed by atoms with Crippen molar-refractivity contribution in [1.82, 2.24) is 0 Å². The lowest BCUT2D eigenvalue weighted by Gasteiger charge is -2.40. The molecule has 240 valence electrons. The van der Waals surface area contributed by atoms with Crippen LogP contribution in [-0.2, 0) is 0 Å². The first-order valence-electron chi connectivity index (χ1n) is 8.32. The molecule has 0 aromatic carbocycles. The van der Waals surface area contributed by atoms with Gasteiger partial charge in [-0.05, 0) is 12.2 Å². The second-order valence-electron chi connectivity index (χ2n) is 7.17. The van der Waals surface area contributed by atoms with Gasteiger partial charge < -0.3 is 0 Å². The zero-order valence-corrected chi connectivity index (χ0v) is 17.0. The predicted molar refractivity (Wildman–Crippen MR) is 70.7 cm³/mol. The fourth-order valence-electron chi connectivity index (χ4n) is 1.98. The van der Waals surface area contributed by atoms with E-state index in [9.17, 15) is 114 Å². The van der Waals surface area contributed by atoms with Gasteiger partial charge in [0.05, 0.1) is 0 Å². The van der Waals surface area contributed by atoms with Crippen molar-refractivity contribution in [2.24, 2.45) is 0 Å². The van der Waals surface area contributed by atoms with Crippen LogP contribution in [0.1, 0.15) is 0 Å². The highest BCUT2D eigenvalue weighted by atomic mass is 19.4. The molecule has 0 aliphatic rings. The molecule has 0 radical (unpaired) electrons. The number of allylic oxidation sites excluding steroid dienone is 2. The Bertz CT molecular complexity index is 863. The molecule has 0 bridgehead atoms. The molecule has 0 aliphatic heterocycles. The van der Waals surface area contributed by atoms with Crippen LogP contribution in [0.25, 0.3) is 0 Å². The van der Waals surface area contributed by atoms with E-state index in [0.717, 1.165) is 0 Å². The van der Waals surface area contributed by atoms with E-state index in [0.29, 0.717) is 0 Å². The van der Waals surface area contributed by atoms with Gasteiger partial charge in [0, 0.05) is 0 Å². The summed E-state index contributed by atoms with van der Waals surface area (Å²) in [6, 6.07) is 0. The SMILES string of the molecule is FC(F)(F)C(F)(F)C(F)(F)C(F)(F)C(F)(F)C(F)(F)/C=C/C(F)(F)C(F)(F)C(F)(F)C(F)(F)C(F)(F)C(F)(F)F. The Morgan fingerprint density at radius 2 is 0.350 bits per heavy atom. The van der Waals surface area contributed by atoms with Crippen LogP contribution >= 0.6 is 0 Å². The molecule has 0 rings (SSSR count). The van der Waals surface area contributed by atoms with Gasteiger partial charge >= 0.3 is 71.6 Å². The Labute approximate surface area is 199 Å². The van der Waals surface area contributed by atoms with Gasteiger partial charge in [0.25, 0.3) is 0 Å². The second kappa shape index (κ2) is 9.21. The number of halogens is 26. The Hall–Kier alpha value is -2.08. The highest BCUT2D eigenvalue weighted by Crippen LogP contribution is 2.62. The molecule has 26 heteroatoms. The zero-order chi connectivity index (χ0) is 33.4. The molecule has 0 N–H and O–H groups in total. The third kappa shape index (κ3) is 4.86. The molecule has 0 unspecified atom stereocenters. The smallest absolute Gasteiger partial charge is 0.195 e. The van der Waals surface area contributed by atoms with Crippen LogP contribution in [0.5, 0.6) is 0 Å². The minimum absolute atomic E-state index is 3.05. The zero-order valence-electron chi connectivity index (χ0n) is 17.0. The molecule has 0 atom stereocenters. The number of hydrogen-bond donors (Lipinski definition) is 0. The van der Waals surface area contributed by atoms with Crippen LogP contribution in [0.2, 0.25) is 0 Å². The molecule has 0 spiro atoms. The van der Waals surface area contributed by atoms with E-state index in [1.165, 1.54) is 0 Å². The molecular weight excluding hydrogens is 662 g/mol. The van der Waals surface area contributed by atoms with Gasteiger partial charge in [0.1, 0.15) is 0 Å². The average molecular weight is 664 g/mol. The van der Waals surface area contributed by atoms with E-state index in [4.69, 9.17) is 0 Å². The topological polar surface area (TPSA) is 0 Å². The first-order chi connectivity index (χ1) is 16.7. The molecule has 0 heterocycles. The molecular formula is C14H2F26. The third-order valence-corrected chi connectivity index (χ3v) is 4.42. The quantitative estimate of drug-likeness (QED) is 0.162. The van der Waals surface area contributed by atoms with Crippen molar-refractivity contribution >= 4 is 0 Å². The molecule has 0 aliphatic carbocycles. The van der Waals surface area contributed by atoms with Crippen LogP contribution in [0.4, 0.5) is 114 Å². The van der Waals surface area contributed by atoms with E-state index < -0.39 is 83.7 Å². The molecule has 0 saturated heterocycles. The van der Waals surface area contributed by atoms with Gasteiger partial charge in [-0.25, -0.2) is 0 Å². The van der Waals surface area contributed by atoms with Gasteiger partial charge in [-0.3, -0.25) is 0 Å². The molecule has 0 nitrogen and oxygen atoms in total. The maximum absolute atomic E-state index is 13.3. The summed E-state index contributed by atoms with van der Waals surface area (Å²) in [6.07, 6.45) is -22.0. The minimum Gasteiger partial charge on any atom is -0.195 e. The second-order valence-corrected chi connectivity index (χ2v) is 7.17. The largest absolute Gasteiger partial charge is 0.460 e. The van der Waals surface area contributed by atoms with Crippen molar-refractivity contribution in [2.45, 2.75) is 71.6 Å². The van der Waals surface area contributed by atoms with Gasteiger partial charge in [-0.2, -0.15) is 114 Å². The maximum Gasteiger partial charge on any atom is 0.460 e. The summed E-state index contributed by atoms with van der Waals surface area (Å²) in [5.74, 6) is -84.3. The highest BCUT2D eigenvalue weighted by molar-refractivity contribution is 5.20. The lowest BCUT2D eigenvalue weighted by Crippen LogP contribution is -2.70. The van der Waals surface area contributed by atoms with Crippen molar-refractivity contribution in [2.75, 3.05) is 0 Å². The van der Waals surface area contributed by atoms with Crippen LogP contribution in [0.15, 0.2) is 12.2 Å². The van der Waals surface area contributed by atoms with E-state index in [1.54, 1.807) is 0 Å². The van der Waals surface area contributed by atoms with Crippen molar-refractivity contribution < 1.29 is 114 Å². The van der Waals surface area contributed by atoms with E-state index >= 15 is 0 Å². The molecule has 0 fully saturated rings. The Morgan fingerprint density at radius 3 is 0.500 bits per heavy atom. The lowest BCUT2D eigenvalue weighted by atomic mass is 9.91. The van der Waals surface area contributed by atoms with Gasteiger partial charge in [-0.1, -0.05) is 0 Å². The summed E-state index contributed by atoms with van der Waals surface area (Å²) in [7, 11) is 0. The fraction of sp³-hybridized carbons (Fsp3) is 0.857. The van der Waals surface area contributed by atoms with E-state index in [2.05, 4.69) is 0 Å². The predicted octanol–water partition coefficient (Wildman–Crippen LogP) is 9.02. The van der Waals surface area contributed by atoms with Gasteiger partial charge in [0.2, 0.25) is 0 Å². The molecule has 0 aromatic heterocycles. The normalized spacial score (nSPS) is 17.1. The van der Waals surface area contributed by atoms with Crippen LogP contribution in [0.3, 0.4) is 0 Å². The molecule has 40 heavy (non-hydrogen) atoms. The van der Waals surface area contributed by atoms with Gasteiger partial charge in [0.15, 0.2) is 0 Å². The molecule has 0 amide bonds. The molecule has 0 aromatic rings. The first-order valence-corrected chi connectivity index (χ1v) is 8.32. The summed E-state index contributed by atoms with van der Waals surface area (Å²) >= 11 is 0. The first kappa shape index (κ1) is 37.9. The Morgan fingerprint density at radius 1 is 0.200 bits per heavy atom. The summed E-state index contributed by atoms with van der Waals surface area (Å²) in [5, 5.41) is 0. The lowest BCUT2D eigenvalue weighted by molar-refractivity contribution is -0.437. The monoisotopic (exact) mass is 664 g/mol. The Kier molecular flexibility index (Phi) is 8.73. The fourth-order valence-corrected chi connectivity index (χ4v) is 1.98. The van der Waals surface area contributed by atoms with Crippen LogP contribution in [-0.4, -0.2) is 71.6 Å². The highest BCUT2D eigenvalue weighted by Gasteiger charge is 2.92. The summed E-state index contributed by atoms with van der Waals surface area (Å²) in [5.41, 5.74) is 0. The summed E-state index contributed by atoms with van der Waals surface area (Å²) < 4.78 is 333. The third-order valence-electron chi connectivity index (χ3n) is 4.42. The number of rotatable bonds is 10. The maximum atomic E-state index is 13.3. The summed E-state index contributed by atoms with van der Waals surface area (Å²) in [6.45, 7) is 0. The number of alkyl halides is 26. The van der Waals surface area contributed by atoms with Crippen molar-refractivity contribution in [1.29, 1.82) is 0 Å².